The number of hydrogen-bond donors (Lipinski definition) is 2. The van der Waals surface area contributed by atoms with E-state index in [4.69, 9.17) is 11.6 Å². The Labute approximate surface area is 125 Å². The summed E-state index contributed by atoms with van der Waals surface area (Å²) >= 11 is 6.05. The predicted molar refractivity (Wildman–Crippen MR) is 79.7 cm³/mol. The molecule has 2 N–H and O–H groups in total. The number of H-pyrrole nitrogens is 1. The van der Waals surface area contributed by atoms with Gasteiger partial charge in [-0.25, -0.2) is 14.8 Å². The molecule has 2 aromatic heterocycles. The fourth-order valence-electron chi connectivity index (χ4n) is 2.38. The Hall–Kier alpha value is -2.34. The van der Waals surface area contributed by atoms with Crippen LogP contribution in [0, 0.1) is 0 Å². The number of hydrogen-bond acceptors (Lipinski definition) is 3. The monoisotopic (exact) mass is 304 g/mol. The molecule has 0 amide bonds. The van der Waals surface area contributed by atoms with E-state index in [1.807, 2.05) is 30.5 Å². The van der Waals surface area contributed by atoms with Crippen molar-refractivity contribution in [2.24, 2.45) is 0 Å². The predicted octanol–water partition coefficient (Wildman–Crippen LogP) is 3.36. The lowest BCUT2D eigenvalue weighted by Gasteiger charge is -2.12. The lowest BCUT2D eigenvalue weighted by atomic mass is 10.2. The number of imidazole rings is 2. The first-order chi connectivity index (χ1) is 9.99. The van der Waals surface area contributed by atoms with Gasteiger partial charge in [0.15, 0.2) is 11.5 Å². The first-order valence-electron chi connectivity index (χ1n) is 6.43. The van der Waals surface area contributed by atoms with Gasteiger partial charge in [0.25, 0.3) is 0 Å². The minimum atomic E-state index is -1.07. The van der Waals surface area contributed by atoms with E-state index in [0.29, 0.717) is 16.5 Å². The van der Waals surface area contributed by atoms with Gasteiger partial charge in [0.2, 0.25) is 0 Å². The third-order valence-corrected chi connectivity index (χ3v) is 3.47. The standard InChI is InChI=1S/C14H13ClN4O2/c1-7(2)19-10-5-8(15)3-4-9(10)18-13(19)11-12(14(20)21)17-6-16-11/h3-7H,1-2H3,(H,16,17)(H,20,21). The second-order valence-corrected chi connectivity index (χ2v) is 5.40. The SMILES string of the molecule is CC(C)n1c(-c2nc[nH]c2C(=O)O)nc2ccc(Cl)cc21. The maximum Gasteiger partial charge on any atom is 0.354 e. The average Bonchev–Trinajstić information content (AvgIpc) is 3.01. The van der Waals surface area contributed by atoms with Crippen molar-refractivity contribution >= 4 is 28.6 Å². The Balaban J connectivity index is 2.34. The largest absolute Gasteiger partial charge is 0.477 e. The summed E-state index contributed by atoms with van der Waals surface area (Å²) in [4.78, 5) is 22.5. The molecule has 0 saturated carbocycles. The summed E-state index contributed by atoms with van der Waals surface area (Å²) in [5.41, 5.74) is 1.95. The Morgan fingerprint density at radius 1 is 1.43 bits per heavy atom. The van der Waals surface area contributed by atoms with Crippen molar-refractivity contribution in [2.75, 3.05) is 0 Å². The molecule has 0 unspecified atom stereocenters. The van der Waals surface area contributed by atoms with Gasteiger partial charge in [-0.05, 0) is 32.0 Å². The van der Waals surface area contributed by atoms with Gasteiger partial charge in [-0.2, -0.15) is 0 Å². The topological polar surface area (TPSA) is 83.8 Å². The number of nitrogens with zero attached hydrogens (tertiary/aromatic N) is 3. The van der Waals surface area contributed by atoms with E-state index in [-0.39, 0.29) is 11.7 Å². The van der Waals surface area contributed by atoms with E-state index in [1.165, 1.54) is 6.33 Å². The zero-order valence-corrected chi connectivity index (χ0v) is 12.2. The number of fused-ring (bicyclic) bond motifs is 1. The van der Waals surface area contributed by atoms with Gasteiger partial charge in [0.05, 0.1) is 17.4 Å². The Kier molecular flexibility index (Phi) is 3.17. The number of aromatic amines is 1. The van der Waals surface area contributed by atoms with Crippen LogP contribution in [0.5, 0.6) is 0 Å². The molecule has 0 aliphatic rings. The molecule has 108 valence electrons. The molecule has 0 spiro atoms. The van der Waals surface area contributed by atoms with Crippen LogP contribution in [-0.2, 0) is 0 Å². The molecule has 0 aliphatic carbocycles. The molecule has 0 fully saturated rings. The zero-order chi connectivity index (χ0) is 15.1. The summed E-state index contributed by atoms with van der Waals surface area (Å²) < 4.78 is 1.93. The van der Waals surface area contributed by atoms with Crippen molar-refractivity contribution in [2.45, 2.75) is 19.9 Å². The third-order valence-electron chi connectivity index (χ3n) is 3.23. The van der Waals surface area contributed by atoms with Gasteiger partial charge in [-0.3, -0.25) is 0 Å². The molecule has 21 heavy (non-hydrogen) atoms. The summed E-state index contributed by atoms with van der Waals surface area (Å²) in [6.07, 6.45) is 1.36. The van der Waals surface area contributed by atoms with Crippen LogP contribution in [0.2, 0.25) is 5.02 Å². The molecule has 2 heterocycles. The third kappa shape index (κ3) is 2.17. The summed E-state index contributed by atoms with van der Waals surface area (Å²) in [5, 5.41) is 9.84. The second kappa shape index (κ2) is 4.89. The normalized spacial score (nSPS) is 11.4. The van der Waals surface area contributed by atoms with Crippen LogP contribution in [0.3, 0.4) is 0 Å². The van der Waals surface area contributed by atoms with Crippen LogP contribution >= 0.6 is 11.6 Å². The fourth-order valence-corrected chi connectivity index (χ4v) is 2.55. The maximum atomic E-state index is 11.3. The Bertz CT molecular complexity index is 835. The molecular formula is C14H13ClN4O2. The number of carboxylic acid groups (broad SMARTS) is 1. The minimum Gasteiger partial charge on any atom is -0.477 e. The molecule has 0 saturated heterocycles. The quantitative estimate of drug-likeness (QED) is 0.777. The van der Waals surface area contributed by atoms with Crippen LogP contribution in [0.1, 0.15) is 30.4 Å². The number of aromatic carboxylic acids is 1. The highest BCUT2D eigenvalue weighted by molar-refractivity contribution is 6.31. The Morgan fingerprint density at radius 3 is 2.86 bits per heavy atom. The highest BCUT2D eigenvalue weighted by Gasteiger charge is 2.22. The summed E-state index contributed by atoms with van der Waals surface area (Å²) in [5.74, 6) is -0.552. The van der Waals surface area contributed by atoms with Gasteiger partial charge in [-0.1, -0.05) is 11.6 Å². The van der Waals surface area contributed by atoms with Gasteiger partial charge < -0.3 is 14.7 Å². The van der Waals surface area contributed by atoms with Gasteiger partial charge in [-0.15, -0.1) is 0 Å². The van der Waals surface area contributed by atoms with E-state index in [1.54, 1.807) is 6.07 Å². The lowest BCUT2D eigenvalue weighted by molar-refractivity contribution is 0.0692. The number of halogens is 1. The van der Waals surface area contributed by atoms with Crippen molar-refractivity contribution in [3.63, 3.8) is 0 Å². The molecule has 0 atom stereocenters. The summed E-state index contributed by atoms with van der Waals surface area (Å²) in [7, 11) is 0. The number of carbonyl (C=O) groups is 1. The van der Waals surface area contributed by atoms with Crippen LogP contribution < -0.4 is 0 Å². The van der Waals surface area contributed by atoms with Gasteiger partial charge in [0.1, 0.15) is 5.69 Å². The first kappa shape index (κ1) is 13.6. The molecule has 6 nitrogen and oxygen atoms in total. The van der Waals surface area contributed by atoms with Crippen LogP contribution in [0.4, 0.5) is 0 Å². The fraction of sp³-hybridized carbons (Fsp3) is 0.214. The van der Waals surface area contributed by atoms with Crippen molar-refractivity contribution in [3.8, 4) is 11.5 Å². The zero-order valence-electron chi connectivity index (χ0n) is 11.5. The Morgan fingerprint density at radius 2 is 2.19 bits per heavy atom. The molecule has 0 bridgehead atoms. The first-order valence-corrected chi connectivity index (χ1v) is 6.81. The molecule has 7 heteroatoms. The van der Waals surface area contributed by atoms with E-state index in [9.17, 15) is 9.90 Å². The maximum absolute atomic E-state index is 11.3. The lowest BCUT2D eigenvalue weighted by Crippen LogP contribution is -2.06. The number of benzene rings is 1. The molecule has 3 rings (SSSR count). The molecule has 1 aromatic carbocycles. The van der Waals surface area contributed by atoms with E-state index in [2.05, 4.69) is 15.0 Å². The number of nitrogens with one attached hydrogen (secondary N) is 1. The average molecular weight is 305 g/mol. The number of rotatable bonds is 3. The van der Waals surface area contributed by atoms with Crippen LogP contribution in [-0.4, -0.2) is 30.6 Å². The molecule has 0 aliphatic heterocycles. The van der Waals surface area contributed by atoms with E-state index < -0.39 is 5.97 Å². The minimum absolute atomic E-state index is 0.0262. The highest BCUT2D eigenvalue weighted by atomic mass is 35.5. The second-order valence-electron chi connectivity index (χ2n) is 4.96. The van der Waals surface area contributed by atoms with E-state index in [0.717, 1.165) is 11.0 Å². The van der Waals surface area contributed by atoms with Crippen LogP contribution in [0.25, 0.3) is 22.6 Å². The summed E-state index contributed by atoms with van der Waals surface area (Å²) in [6, 6.07) is 5.48. The van der Waals surface area contributed by atoms with Crippen molar-refractivity contribution < 1.29 is 9.90 Å². The van der Waals surface area contributed by atoms with Gasteiger partial charge >= 0.3 is 5.97 Å². The highest BCUT2D eigenvalue weighted by Crippen LogP contribution is 2.30. The molecular weight excluding hydrogens is 292 g/mol. The van der Waals surface area contributed by atoms with Crippen LogP contribution in [0.15, 0.2) is 24.5 Å². The van der Waals surface area contributed by atoms with Gasteiger partial charge in [0, 0.05) is 11.1 Å². The smallest absolute Gasteiger partial charge is 0.354 e. The van der Waals surface area contributed by atoms with Crippen molar-refractivity contribution in [3.05, 3.63) is 35.2 Å². The van der Waals surface area contributed by atoms with Crippen molar-refractivity contribution in [1.29, 1.82) is 0 Å². The molecule has 3 aromatic rings. The number of carboxylic acids is 1. The van der Waals surface area contributed by atoms with Crippen molar-refractivity contribution in [1.82, 2.24) is 19.5 Å². The molecule has 0 radical (unpaired) electrons. The van der Waals surface area contributed by atoms with E-state index >= 15 is 0 Å². The summed E-state index contributed by atoms with van der Waals surface area (Å²) in [6.45, 7) is 4.00. The number of aromatic nitrogens is 4.